The number of anilines is 1. The van der Waals surface area contributed by atoms with Gasteiger partial charge >= 0.3 is 0 Å². The summed E-state index contributed by atoms with van der Waals surface area (Å²) in [6.07, 6.45) is -0.459. The average molecular weight is 453 g/mol. The molecule has 0 fully saturated rings. The van der Waals surface area contributed by atoms with Crippen molar-refractivity contribution in [2.24, 2.45) is 0 Å². The largest absolute Gasteiger partial charge is 0.383 e. The number of aromatic nitrogens is 1. The number of benzene rings is 1. The molecule has 1 aromatic heterocycles. The predicted octanol–water partition coefficient (Wildman–Crippen LogP) is 3.16. The Kier molecular flexibility index (Phi) is 7.27. The molecule has 0 radical (unpaired) electrons. The second-order valence-electron chi connectivity index (χ2n) is 8.16. The standard InChI is InChI=1S/C20H28N4O4S2/c1-11(2)14-7-13(9-21)8-15(12(3)4)17(14)23-19(25)24-30(27,28)16-10-22-18(29-16)20(5,6)26/h7-8,10-12,19,23-26H,1-6H3. The van der Waals surface area contributed by atoms with Crippen LogP contribution in [0.25, 0.3) is 0 Å². The molecule has 10 heteroatoms. The summed E-state index contributed by atoms with van der Waals surface area (Å²) in [6.45, 7) is 10.8. The highest BCUT2D eigenvalue weighted by Gasteiger charge is 2.27. The third-order valence-corrected chi connectivity index (χ3v) is 7.57. The molecule has 4 N–H and O–H groups in total. The van der Waals surface area contributed by atoms with E-state index in [1.807, 2.05) is 27.7 Å². The predicted molar refractivity (Wildman–Crippen MR) is 117 cm³/mol. The lowest BCUT2D eigenvalue weighted by Gasteiger charge is -2.24. The van der Waals surface area contributed by atoms with Gasteiger partial charge < -0.3 is 15.5 Å². The zero-order chi connectivity index (χ0) is 22.9. The van der Waals surface area contributed by atoms with Crippen molar-refractivity contribution in [1.82, 2.24) is 9.71 Å². The van der Waals surface area contributed by atoms with Gasteiger partial charge in [0.2, 0.25) is 0 Å². The number of hydrogen-bond acceptors (Lipinski definition) is 8. The fourth-order valence-electron chi connectivity index (χ4n) is 2.87. The lowest BCUT2D eigenvalue weighted by molar-refractivity contribution is 0.0783. The zero-order valence-electron chi connectivity index (χ0n) is 17.9. The number of nitriles is 1. The first kappa shape index (κ1) is 24.2. The van der Waals surface area contributed by atoms with E-state index in [2.05, 4.69) is 21.1 Å². The highest BCUT2D eigenvalue weighted by Crippen LogP contribution is 2.34. The van der Waals surface area contributed by atoms with Crippen molar-refractivity contribution < 1.29 is 18.6 Å². The molecule has 0 aliphatic heterocycles. The van der Waals surface area contributed by atoms with Crippen LogP contribution in [0.2, 0.25) is 0 Å². The molecule has 1 atom stereocenters. The number of thiazole rings is 1. The number of sulfonamides is 1. The van der Waals surface area contributed by atoms with Crippen molar-refractivity contribution in [2.75, 3.05) is 5.32 Å². The molecule has 1 unspecified atom stereocenters. The minimum absolute atomic E-state index is 0.0398. The maximum Gasteiger partial charge on any atom is 0.255 e. The minimum atomic E-state index is -4.07. The van der Waals surface area contributed by atoms with Gasteiger partial charge in [0, 0.05) is 5.69 Å². The molecular formula is C20H28N4O4S2. The lowest BCUT2D eigenvalue weighted by Crippen LogP contribution is -2.40. The quantitative estimate of drug-likeness (QED) is 0.452. The number of aliphatic hydroxyl groups excluding tert-OH is 1. The summed E-state index contributed by atoms with van der Waals surface area (Å²) in [5, 5.41) is 32.9. The van der Waals surface area contributed by atoms with Crippen LogP contribution in [0.15, 0.2) is 22.5 Å². The number of nitrogens with one attached hydrogen (secondary N) is 2. The third-order valence-electron chi connectivity index (χ3n) is 4.39. The van der Waals surface area contributed by atoms with Gasteiger partial charge in [-0.05, 0) is 48.9 Å². The Labute approximate surface area is 181 Å². The maximum atomic E-state index is 12.6. The summed E-state index contributed by atoms with van der Waals surface area (Å²) in [7, 11) is -4.07. The van der Waals surface area contributed by atoms with Gasteiger partial charge in [-0.15, -0.1) is 11.3 Å². The second-order valence-corrected chi connectivity index (χ2v) is 11.1. The van der Waals surface area contributed by atoms with Crippen LogP contribution in [0, 0.1) is 11.3 Å². The molecule has 0 spiro atoms. The molecule has 0 bridgehead atoms. The van der Waals surface area contributed by atoms with Gasteiger partial charge in [0.1, 0.15) is 10.6 Å². The number of nitrogens with zero attached hydrogens (tertiary/aromatic N) is 2. The lowest BCUT2D eigenvalue weighted by atomic mass is 9.90. The summed E-state index contributed by atoms with van der Waals surface area (Å²) in [4.78, 5) is 3.96. The van der Waals surface area contributed by atoms with Gasteiger partial charge in [0.15, 0.2) is 10.6 Å². The van der Waals surface area contributed by atoms with E-state index >= 15 is 0 Å². The Hall–Kier alpha value is -2.03. The molecule has 1 aromatic carbocycles. The van der Waals surface area contributed by atoms with Crippen LogP contribution in [0.5, 0.6) is 0 Å². The zero-order valence-corrected chi connectivity index (χ0v) is 19.5. The number of aliphatic hydroxyl groups is 2. The van der Waals surface area contributed by atoms with Crippen LogP contribution < -0.4 is 10.0 Å². The highest BCUT2D eigenvalue weighted by molar-refractivity contribution is 7.91. The van der Waals surface area contributed by atoms with E-state index in [4.69, 9.17) is 0 Å². The van der Waals surface area contributed by atoms with Crippen molar-refractivity contribution in [3.8, 4) is 6.07 Å². The Balaban J connectivity index is 2.34. The Bertz CT molecular complexity index is 1020. The van der Waals surface area contributed by atoms with Gasteiger partial charge in [-0.3, -0.25) is 0 Å². The summed E-state index contributed by atoms with van der Waals surface area (Å²) in [5.41, 5.74) is 1.44. The molecule has 2 rings (SSSR count). The third kappa shape index (κ3) is 5.56. The Morgan fingerprint density at radius 2 is 1.70 bits per heavy atom. The summed E-state index contributed by atoms with van der Waals surface area (Å²) in [5.74, 6) is 0.0795. The highest BCUT2D eigenvalue weighted by atomic mass is 32.2. The van der Waals surface area contributed by atoms with E-state index in [0.717, 1.165) is 28.7 Å². The smallest absolute Gasteiger partial charge is 0.255 e. The van der Waals surface area contributed by atoms with Crippen LogP contribution >= 0.6 is 11.3 Å². The van der Waals surface area contributed by atoms with Crippen LogP contribution in [-0.2, 0) is 15.6 Å². The van der Waals surface area contributed by atoms with Gasteiger partial charge in [0.05, 0.1) is 17.8 Å². The first-order chi connectivity index (χ1) is 13.8. The molecule has 0 amide bonds. The van der Waals surface area contributed by atoms with Crippen LogP contribution in [-0.4, -0.2) is 30.0 Å². The maximum absolute atomic E-state index is 12.6. The molecule has 2 aromatic rings. The van der Waals surface area contributed by atoms with E-state index in [1.165, 1.54) is 13.8 Å². The van der Waals surface area contributed by atoms with E-state index in [1.54, 1.807) is 12.1 Å². The summed E-state index contributed by atoms with van der Waals surface area (Å²) in [6, 6.07) is 5.61. The molecule has 1 heterocycles. The fraction of sp³-hybridized carbons (Fsp3) is 0.500. The molecule has 0 saturated heterocycles. The molecule has 164 valence electrons. The molecule has 8 nitrogen and oxygen atoms in total. The van der Waals surface area contributed by atoms with Gasteiger partial charge in [-0.25, -0.2) is 13.4 Å². The number of hydrogen-bond donors (Lipinski definition) is 4. The molecule has 30 heavy (non-hydrogen) atoms. The monoisotopic (exact) mass is 452 g/mol. The molecular weight excluding hydrogens is 424 g/mol. The van der Waals surface area contributed by atoms with Crippen molar-refractivity contribution >= 4 is 27.0 Å². The first-order valence-electron chi connectivity index (χ1n) is 9.49. The normalized spacial score (nSPS) is 13.5. The Morgan fingerprint density at radius 3 is 2.10 bits per heavy atom. The SMILES string of the molecule is CC(C)c1cc(C#N)cc(C(C)C)c1NC(O)NS(=O)(=O)c1cnc(C(C)(C)O)s1. The summed E-state index contributed by atoms with van der Waals surface area (Å²) >= 11 is 0.830. The van der Waals surface area contributed by atoms with E-state index < -0.39 is 22.0 Å². The van der Waals surface area contributed by atoms with E-state index in [0.29, 0.717) is 11.3 Å². The minimum Gasteiger partial charge on any atom is -0.383 e. The van der Waals surface area contributed by atoms with Crippen molar-refractivity contribution in [3.63, 3.8) is 0 Å². The molecule has 0 aliphatic carbocycles. The second kappa shape index (κ2) is 8.99. The summed E-state index contributed by atoms with van der Waals surface area (Å²) < 4.78 is 27.4. The van der Waals surface area contributed by atoms with Gasteiger partial charge in [0.25, 0.3) is 10.0 Å². The number of rotatable bonds is 8. The van der Waals surface area contributed by atoms with Crippen LogP contribution in [0.1, 0.15) is 75.1 Å². The van der Waals surface area contributed by atoms with Gasteiger partial charge in [-0.1, -0.05) is 27.7 Å². The fourth-order valence-corrected chi connectivity index (χ4v) is 5.00. The van der Waals surface area contributed by atoms with Crippen molar-refractivity contribution in [1.29, 1.82) is 5.26 Å². The van der Waals surface area contributed by atoms with Crippen molar-refractivity contribution in [3.05, 3.63) is 40.0 Å². The average Bonchev–Trinajstić information content (AvgIpc) is 3.12. The topological polar surface area (TPSA) is 135 Å². The molecule has 0 aliphatic rings. The molecule has 0 saturated carbocycles. The van der Waals surface area contributed by atoms with E-state index in [-0.39, 0.29) is 21.1 Å². The van der Waals surface area contributed by atoms with Gasteiger partial charge in [-0.2, -0.15) is 9.98 Å². The van der Waals surface area contributed by atoms with Crippen LogP contribution in [0.4, 0.5) is 5.69 Å². The van der Waals surface area contributed by atoms with Crippen LogP contribution in [0.3, 0.4) is 0 Å². The Morgan fingerprint density at radius 1 is 1.17 bits per heavy atom. The first-order valence-corrected chi connectivity index (χ1v) is 11.8. The van der Waals surface area contributed by atoms with Crippen molar-refractivity contribution in [2.45, 2.75) is 69.5 Å². The van der Waals surface area contributed by atoms with E-state index in [9.17, 15) is 23.9 Å².